The molecule has 2 aliphatic rings. The maximum absolute atomic E-state index is 13.0. The molecule has 2 fully saturated rings. The predicted octanol–water partition coefficient (Wildman–Crippen LogP) is 2.91. The fraction of sp³-hybridized carbons (Fsp3) is 0.520. The Bertz CT molecular complexity index is 866. The van der Waals surface area contributed by atoms with Crippen LogP contribution in [0.25, 0.3) is 0 Å². The molecule has 7 heteroatoms. The molecule has 3 atom stereocenters. The highest BCUT2D eigenvalue weighted by atomic mass is 16.5. The van der Waals surface area contributed by atoms with Crippen LogP contribution in [0.2, 0.25) is 0 Å². The second-order valence-corrected chi connectivity index (χ2v) is 8.99. The zero-order valence-corrected chi connectivity index (χ0v) is 18.7. The van der Waals surface area contributed by atoms with E-state index in [1.165, 1.54) is 0 Å². The number of aromatic hydroxyl groups is 1. The van der Waals surface area contributed by atoms with Crippen LogP contribution in [0.3, 0.4) is 0 Å². The molecule has 2 aromatic rings. The van der Waals surface area contributed by atoms with Gasteiger partial charge < -0.3 is 19.9 Å². The van der Waals surface area contributed by atoms with Gasteiger partial charge in [0.05, 0.1) is 24.8 Å². The van der Waals surface area contributed by atoms with Gasteiger partial charge in [-0.05, 0) is 56.0 Å². The lowest BCUT2D eigenvalue weighted by Gasteiger charge is -2.37. The van der Waals surface area contributed by atoms with E-state index in [-0.39, 0.29) is 29.6 Å². The summed E-state index contributed by atoms with van der Waals surface area (Å²) in [5.74, 6) is 1.26. The number of phenolic OH excluding ortho intramolecular Hbond substituents is 1. The Balaban J connectivity index is 1.38. The first-order valence-electron chi connectivity index (χ1n) is 11.5. The number of amides is 1. The quantitative estimate of drug-likeness (QED) is 0.658. The zero-order chi connectivity index (χ0) is 22.3. The topological polar surface area (TPSA) is 83.9 Å². The van der Waals surface area contributed by atoms with Crippen molar-refractivity contribution < 1.29 is 19.4 Å². The van der Waals surface area contributed by atoms with Crippen molar-refractivity contribution in [1.29, 1.82) is 0 Å². The first kappa shape index (κ1) is 22.6. The normalized spacial score (nSPS) is 23.7. The van der Waals surface area contributed by atoms with Crippen molar-refractivity contribution in [2.45, 2.75) is 38.8 Å². The van der Waals surface area contributed by atoms with Crippen molar-refractivity contribution in [1.82, 2.24) is 15.2 Å². The number of likely N-dealkylation sites (tertiary alicyclic amines) is 1. The van der Waals surface area contributed by atoms with Crippen molar-refractivity contribution in [3.63, 3.8) is 0 Å². The van der Waals surface area contributed by atoms with Crippen LogP contribution >= 0.6 is 0 Å². The summed E-state index contributed by atoms with van der Waals surface area (Å²) < 4.78 is 11.7. The van der Waals surface area contributed by atoms with Crippen molar-refractivity contribution in [2.75, 3.05) is 32.8 Å². The fourth-order valence-corrected chi connectivity index (χ4v) is 4.52. The van der Waals surface area contributed by atoms with Crippen molar-refractivity contribution >= 4 is 5.91 Å². The highest BCUT2D eigenvalue weighted by Crippen LogP contribution is 2.25. The predicted molar refractivity (Wildman–Crippen MR) is 121 cm³/mol. The summed E-state index contributed by atoms with van der Waals surface area (Å²) in [5, 5.41) is 12.7. The third-order valence-corrected chi connectivity index (χ3v) is 6.22. The van der Waals surface area contributed by atoms with Crippen molar-refractivity contribution in [2.24, 2.45) is 11.8 Å². The number of benzene rings is 1. The standard InChI is InChI=1S/C25H33N3O4/c1-18-4-9-24(12-26-18)32-17-20-11-21(25(30)27-13-23-3-2-10-31-23)16-28(15-20)14-19-5-7-22(29)8-6-19/h4-9,12,20-21,23,29H,2-3,10-11,13-17H2,1H3,(H,27,30)/t20-,21+,23?/m0/s1. The van der Waals surface area contributed by atoms with Crippen molar-refractivity contribution in [3.8, 4) is 11.5 Å². The van der Waals surface area contributed by atoms with Crippen molar-refractivity contribution in [3.05, 3.63) is 53.9 Å². The summed E-state index contributed by atoms with van der Waals surface area (Å²) in [6.07, 6.45) is 4.76. The van der Waals surface area contributed by atoms with Gasteiger partial charge >= 0.3 is 0 Å². The number of nitrogens with zero attached hydrogens (tertiary/aromatic N) is 2. The molecule has 3 heterocycles. The Morgan fingerprint density at radius 3 is 2.81 bits per heavy atom. The molecule has 2 saturated heterocycles. The molecule has 2 aliphatic heterocycles. The molecule has 172 valence electrons. The van der Waals surface area contributed by atoms with E-state index in [0.29, 0.717) is 19.7 Å². The van der Waals surface area contributed by atoms with Gasteiger partial charge in [-0.3, -0.25) is 14.7 Å². The SMILES string of the molecule is Cc1ccc(OC[C@H]2C[C@@H](C(=O)NCC3CCCO3)CN(Cc3ccc(O)cc3)C2)cn1. The number of aryl methyl sites for hydroxylation is 1. The number of ether oxygens (including phenoxy) is 2. The molecule has 0 spiro atoms. The van der Waals surface area contributed by atoms with E-state index in [9.17, 15) is 9.90 Å². The molecular weight excluding hydrogens is 406 g/mol. The molecule has 4 rings (SSSR count). The summed E-state index contributed by atoms with van der Waals surface area (Å²) in [6, 6.07) is 11.1. The summed E-state index contributed by atoms with van der Waals surface area (Å²) in [6.45, 7) is 6.17. The lowest BCUT2D eigenvalue weighted by Crippen LogP contribution is -2.48. The summed E-state index contributed by atoms with van der Waals surface area (Å²) in [4.78, 5) is 19.6. The van der Waals surface area contributed by atoms with Crippen LogP contribution in [0.5, 0.6) is 11.5 Å². The number of hydrogen-bond acceptors (Lipinski definition) is 6. The number of piperidine rings is 1. The van der Waals surface area contributed by atoms with Gasteiger partial charge in [-0.25, -0.2) is 0 Å². The maximum atomic E-state index is 13.0. The number of hydrogen-bond donors (Lipinski definition) is 2. The van der Waals surface area contributed by atoms with Crippen LogP contribution in [0.4, 0.5) is 0 Å². The van der Waals surface area contributed by atoms with Crippen LogP contribution in [0, 0.1) is 18.8 Å². The lowest BCUT2D eigenvalue weighted by atomic mass is 9.88. The van der Waals surface area contributed by atoms with Crippen LogP contribution in [0.1, 0.15) is 30.5 Å². The Morgan fingerprint density at radius 2 is 2.09 bits per heavy atom. The van der Waals surface area contributed by atoms with Crippen LogP contribution < -0.4 is 10.1 Å². The Hall–Kier alpha value is -2.64. The second kappa shape index (κ2) is 10.8. The van der Waals surface area contributed by atoms with E-state index in [1.807, 2.05) is 31.2 Å². The van der Waals surface area contributed by atoms with E-state index < -0.39 is 0 Å². The molecule has 2 N–H and O–H groups in total. The zero-order valence-electron chi connectivity index (χ0n) is 18.7. The molecule has 0 aliphatic carbocycles. The van der Waals surface area contributed by atoms with E-state index in [4.69, 9.17) is 9.47 Å². The number of nitrogens with one attached hydrogen (secondary N) is 1. The largest absolute Gasteiger partial charge is 0.508 e. The smallest absolute Gasteiger partial charge is 0.224 e. The number of rotatable bonds is 8. The van der Waals surface area contributed by atoms with E-state index in [2.05, 4.69) is 15.2 Å². The lowest BCUT2D eigenvalue weighted by molar-refractivity contribution is -0.128. The molecule has 0 radical (unpaired) electrons. The Labute approximate surface area is 189 Å². The van der Waals surface area contributed by atoms with Gasteiger partial charge in [0.15, 0.2) is 0 Å². The van der Waals surface area contributed by atoms with Gasteiger partial charge in [-0.1, -0.05) is 12.1 Å². The molecule has 1 amide bonds. The number of pyridine rings is 1. The molecule has 1 aromatic heterocycles. The molecule has 1 aromatic carbocycles. The summed E-state index contributed by atoms with van der Waals surface area (Å²) in [7, 11) is 0. The molecule has 0 bridgehead atoms. The fourth-order valence-electron chi connectivity index (χ4n) is 4.52. The third-order valence-electron chi connectivity index (χ3n) is 6.22. The minimum Gasteiger partial charge on any atom is -0.508 e. The number of aromatic nitrogens is 1. The van der Waals surface area contributed by atoms with Crippen LogP contribution in [-0.4, -0.2) is 59.8 Å². The first-order valence-corrected chi connectivity index (χ1v) is 11.5. The molecule has 32 heavy (non-hydrogen) atoms. The average Bonchev–Trinajstić information content (AvgIpc) is 3.32. The second-order valence-electron chi connectivity index (χ2n) is 8.99. The number of phenols is 1. The van der Waals surface area contributed by atoms with Crippen LogP contribution in [-0.2, 0) is 16.1 Å². The average molecular weight is 440 g/mol. The van der Waals surface area contributed by atoms with Gasteiger partial charge in [0.25, 0.3) is 0 Å². The molecule has 0 saturated carbocycles. The van der Waals surface area contributed by atoms with E-state index in [1.54, 1.807) is 18.3 Å². The third kappa shape index (κ3) is 6.43. The van der Waals surface area contributed by atoms with Gasteiger partial charge in [0, 0.05) is 44.4 Å². The highest BCUT2D eigenvalue weighted by Gasteiger charge is 2.32. The number of carbonyl (C=O) groups is 1. The molecule has 1 unspecified atom stereocenters. The van der Waals surface area contributed by atoms with E-state index in [0.717, 1.165) is 56.0 Å². The van der Waals surface area contributed by atoms with Gasteiger partial charge in [0.2, 0.25) is 5.91 Å². The molecule has 7 nitrogen and oxygen atoms in total. The Kier molecular flexibility index (Phi) is 7.60. The minimum absolute atomic E-state index is 0.0907. The monoisotopic (exact) mass is 439 g/mol. The summed E-state index contributed by atoms with van der Waals surface area (Å²) in [5.41, 5.74) is 2.07. The maximum Gasteiger partial charge on any atom is 0.224 e. The first-order chi connectivity index (χ1) is 15.5. The van der Waals surface area contributed by atoms with Gasteiger partial charge in [-0.15, -0.1) is 0 Å². The van der Waals surface area contributed by atoms with Crippen LogP contribution in [0.15, 0.2) is 42.6 Å². The van der Waals surface area contributed by atoms with Gasteiger partial charge in [0.1, 0.15) is 11.5 Å². The van der Waals surface area contributed by atoms with E-state index >= 15 is 0 Å². The van der Waals surface area contributed by atoms with Gasteiger partial charge in [-0.2, -0.15) is 0 Å². The Morgan fingerprint density at radius 1 is 1.25 bits per heavy atom. The highest BCUT2D eigenvalue weighted by molar-refractivity contribution is 5.79. The molecular formula is C25H33N3O4. The minimum atomic E-state index is -0.0907. The summed E-state index contributed by atoms with van der Waals surface area (Å²) >= 11 is 0. The number of carbonyl (C=O) groups excluding carboxylic acids is 1.